The number of ether oxygens (including phenoxy) is 1. The third-order valence-corrected chi connectivity index (χ3v) is 5.98. The normalized spacial score (nSPS) is 19.0. The van der Waals surface area contributed by atoms with E-state index >= 15 is 0 Å². The summed E-state index contributed by atoms with van der Waals surface area (Å²) in [5.41, 5.74) is 1.28. The number of hydrogen-bond donors (Lipinski definition) is 2. The van der Waals surface area contributed by atoms with E-state index in [9.17, 15) is 0 Å². The summed E-state index contributed by atoms with van der Waals surface area (Å²) < 4.78 is 5.48. The molecule has 1 aromatic rings. The van der Waals surface area contributed by atoms with Crippen LogP contribution in [-0.2, 0) is 11.3 Å². The van der Waals surface area contributed by atoms with Crippen molar-refractivity contribution < 1.29 is 4.74 Å². The van der Waals surface area contributed by atoms with E-state index in [1.807, 2.05) is 13.2 Å². The Bertz CT molecular complexity index is 655. The highest BCUT2D eigenvalue weighted by atomic mass is 127. The number of rotatable bonds is 6. The van der Waals surface area contributed by atoms with Crippen LogP contribution in [0.5, 0.6) is 0 Å². The predicted octanol–water partition coefficient (Wildman–Crippen LogP) is 2.86. The van der Waals surface area contributed by atoms with Gasteiger partial charge in [0, 0.05) is 58.1 Å². The maximum atomic E-state index is 5.48. The number of guanidine groups is 1. The predicted molar refractivity (Wildman–Crippen MR) is 135 cm³/mol. The van der Waals surface area contributed by atoms with Crippen molar-refractivity contribution in [3.05, 3.63) is 23.9 Å². The van der Waals surface area contributed by atoms with Gasteiger partial charge in [0.2, 0.25) is 0 Å². The number of pyridine rings is 1. The smallest absolute Gasteiger partial charge is 0.191 e. The maximum absolute atomic E-state index is 5.48. The van der Waals surface area contributed by atoms with Crippen LogP contribution in [0.15, 0.2) is 23.3 Å². The molecule has 30 heavy (non-hydrogen) atoms. The summed E-state index contributed by atoms with van der Waals surface area (Å²) in [6.07, 6.45) is 7.12. The molecule has 2 aliphatic heterocycles. The third-order valence-electron chi connectivity index (χ3n) is 5.98. The lowest BCUT2D eigenvalue weighted by atomic mass is 10.0. The van der Waals surface area contributed by atoms with Gasteiger partial charge in [-0.15, -0.1) is 24.0 Å². The average Bonchev–Trinajstić information content (AvgIpc) is 3.04. The van der Waals surface area contributed by atoms with E-state index in [1.165, 1.54) is 31.2 Å². The number of anilines is 1. The molecular formula is C22H39IN6O. The summed E-state index contributed by atoms with van der Waals surface area (Å²) in [6.45, 7) is 11.9. The summed E-state index contributed by atoms with van der Waals surface area (Å²) in [5, 5.41) is 6.95. The molecule has 1 aromatic heterocycles. The van der Waals surface area contributed by atoms with Crippen molar-refractivity contribution in [3.8, 4) is 0 Å². The van der Waals surface area contributed by atoms with Gasteiger partial charge in [-0.2, -0.15) is 0 Å². The Balaban J connectivity index is 0.00000320. The Morgan fingerprint density at radius 2 is 1.80 bits per heavy atom. The zero-order valence-electron chi connectivity index (χ0n) is 18.8. The van der Waals surface area contributed by atoms with Gasteiger partial charge in [0.15, 0.2) is 5.96 Å². The van der Waals surface area contributed by atoms with Crippen molar-refractivity contribution in [3.63, 3.8) is 0 Å². The topological polar surface area (TPSA) is 65.0 Å². The first-order chi connectivity index (χ1) is 14.1. The summed E-state index contributed by atoms with van der Waals surface area (Å²) in [6, 6.07) is 4.29. The van der Waals surface area contributed by atoms with E-state index in [1.54, 1.807) is 0 Å². The molecule has 170 valence electrons. The molecule has 3 rings (SSSR count). The molecule has 2 aliphatic rings. The van der Waals surface area contributed by atoms with Gasteiger partial charge in [-0.25, -0.2) is 4.98 Å². The number of hydrogen-bond acceptors (Lipinski definition) is 5. The fourth-order valence-corrected chi connectivity index (χ4v) is 4.03. The molecule has 2 fully saturated rings. The minimum absolute atomic E-state index is 0. The Morgan fingerprint density at radius 1 is 1.10 bits per heavy atom. The van der Waals surface area contributed by atoms with Gasteiger partial charge in [0.05, 0.1) is 13.2 Å². The SMILES string of the molecule is CN=C(NCc1ccnc(N2CCCCCC2)c1)NCC(C)(C)N1CCOCC1.I. The van der Waals surface area contributed by atoms with Crippen molar-refractivity contribution >= 4 is 35.8 Å². The van der Waals surface area contributed by atoms with Gasteiger partial charge in [-0.05, 0) is 44.4 Å². The summed E-state index contributed by atoms with van der Waals surface area (Å²) in [4.78, 5) is 13.9. The van der Waals surface area contributed by atoms with Crippen LogP contribution < -0.4 is 15.5 Å². The van der Waals surface area contributed by atoms with Crippen LogP contribution in [0.25, 0.3) is 0 Å². The number of halogens is 1. The molecule has 2 N–H and O–H groups in total. The van der Waals surface area contributed by atoms with Crippen molar-refractivity contribution in [1.82, 2.24) is 20.5 Å². The van der Waals surface area contributed by atoms with Gasteiger partial charge in [0.1, 0.15) is 5.82 Å². The second kappa shape index (κ2) is 12.7. The summed E-state index contributed by atoms with van der Waals surface area (Å²) in [7, 11) is 1.83. The first kappa shape index (κ1) is 25.1. The van der Waals surface area contributed by atoms with Crippen LogP contribution in [0.3, 0.4) is 0 Å². The van der Waals surface area contributed by atoms with Gasteiger partial charge >= 0.3 is 0 Å². The quantitative estimate of drug-likeness (QED) is 0.335. The van der Waals surface area contributed by atoms with Crippen LogP contribution >= 0.6 is 24.0 Å². The van der Waals surface area contributed by atoms with Gasteiger partial charge < -0.3 is 20.3 Å². The molecule has 0 spiro atoms. The van der Waals surface area contributed by atoms with Gasteiger partial charge in [0.25, 0.3) is 0 Å². The first-order valence-electron chi connectivity index (χ1n) is 11.1. The van der Waals surface area contributed by atoms with Crippen LogP contribution in [0, 0.1) is 0 Å². The highest BCUT2D eigenvalue weighted by Gasteiger charge is 2.28. The summed E-state index contributed by atoms with van der Waals surface area (Å²) >= 11 is 0. The van der Waals surface area contributed by atoms with E-state index in [2.05, 4.69) is 56.4 Å². The van der Waals surface area contributed by atoms with Crippen LogP contribution in [0.1, 0.15) is 45.1 Å². The largest absolute Gasteiger partial charge is 0.379 e. The van der Waals surface area contributed by atoms with E-state index in [4.69, 9.17) is 4.74 Å². The second-order valence-electron chi connectivity index (χ2n) is 8.61. The van der Waals surface area contributed by atoms with Gasteiger partial charge in [-0.1, -0.05) is 12.8 Å². The highest BCUT2D eigenvalue weighted by molar-refractivity contribution is 14.0. The van der Waals surface area contributed by atoms with E-state index in [0.717, 1.165) is 64.3 Å². The molecule has 0 aliphatic carbocycles. The fraction of sp³-hybridized carbons (Fsp3) is 0.727. The molecule has 0 atom stereocenters. The Hall–Kier alpha value is -1.13. The van der Waals surface area contributed by atoms with Crippen molar-refractivity contribution in [2.45, 2.75) is 51.6 Å². The van der Waals surface area contributed by atoms with Gasteiger partial charge in [-0.3, -0.25) is 9.89 Å². The average molecular weight is 530 g/mol. The lowest BCUT2D eigenvalue weighted by Gasteiger charge is -2.41. The second-order valence-corrected chi connectivity index (χ2v) is 8.61. The van der Waals surface area contributed by atoms with Crippen LogP contribution in [-0.4, -0.2) is 74.4 Å². The fourth-order valence-electron chi connectivity index (χ4n) is 4.03. The zero-order chi connectivity index (χ0) is 20.5. The molecule has 0 aromatic carbocycles. The Labute approximate surface area is 199 Å². The molecule has 7 nitrogen and oxygen atoms in total. The lowest BCUT2D eigenvalue weighted by Crippen LogP contribution is -2.56. The molecule has 0 unspecified atom stereocenters. The van der Waals surface area contributed by atoms with Crippen LogP contribution in [0.4, 0.5) is 5.82 Å². The number of nitrogens with zero attached hydrogens (tertiary/aromatic N) is 4. The Morgan fingerprint density at radius 3 is 2.47 bits per heavy atom. The molecule has 2 saturated heterocycles. The van der Waals surface area contributed by atoms with Crippen molar-refractivity contribution in [2.24, 2.45) is 4.99 Å². The molecule has 0 amide bonds. The number of morpholine rings is 1. The lowest BCUT2D eigenvalue weighted by molar-refractivity contribution is -0.00834. The highest BCUT2D eigenvalue weighted by Crippen LogP contribution is 2.18. The van der Waals surface area contributed by atoms with Crippen LogP contribution in [0.2, 0.25) is 0 Å². The van der Waals surface area contributed by atoms with E-state index in [-0.39, 0.29) is 29.5 Å². The number of aromatic nitrogens is 1. The number of aliphatic imine (C=N–C) groups is 1. The molecule has 0 radical (unpaired) electrons. The van der Waals surface area contributed by atoms with Crippen molar-refractivity contribution in [1.29, 1.82) is 0 Å². The van der Waals surface area contributed by atoms with Crippen molar-refractivity contribution in [2.75, 3.05) is 57.9 Å². The van der Waals surface area contributed by atoms with E-state index < -0.39 is 0 Å². The summed E-state index contributed by atoms with van der Waals surface area (Å²) in [5.74, 6) is 1.93. The number of nitrogens with one attached hydrogen (secondary N) is 2. The zero-order valence-corrected chi connectivity index (χ0v) is 21.2. The standard InChI is InChI=1S/C22H38N6O.HI/c1-22(2,28-12-14-29-15-13-28)18-26-21(23-3)25-17-19-8-9-24-20(16-19)27-10-6-4-5-7-11-27;/h8-9,16H,4-7,10-15,17-18H2,1-3H3,(H2,23,25,26);1H. The maximum Gasteiger partial charge on any atom is 0.191 e. The minimum atomic E-state index is 0. The first-order valence-corrected chi connectivity index (χ1v) is 11.1. The molecule has 8 heteroatoms. The molecule has 0 bridgehead atoms. The van der Waals surface area contributed by atoms with E-state index in [0.29, 0.717) is 0 Å². The third kappa shape index (κ3) is 7.53. The monoisotopic (exact) mass is 530 g/mol. The molecule has 0 saturated carbocycles. The molecule has 3 heterocycles. The molecular weight excluding hydrogens is 491 g/mol. The Kier molecular flexibility index (Phi) is 10.6. The minimum Gasteiger partial charge on any atom is -0.379 e.